The van der Waals surface area contributed by atoms with Crippen molar-refractivity contribution in [3.8, 4) is 5.75 Å². The van der Waals surface area contributed by atoms with E-state index >= 15 is 0 Å². The van der Waals surface area contributed by atoms with E-state index in [2.05, 4.69) is 6.58 Å². The topological polar surface area (TPSA) is 54.4 Å². The van der Waals surface area contributed by atoms with Gasteiger partial charge in [0.25, 0.3) is 0 Å². The Bertz CT molecular complexity index is 908. The Morgan fingerprint density at radius 2 is 1.81 bits per heavy atom. The van der Waals surface area contributed by atoms with Crippen molar-refractivity contribution in [3.63, 3.8) is 0 Å². The number of Topliss-reactive ketones (excluding diaryl/α,β-unsaturated/α-hetero) is 2. The zero-order valence-electron chi connectivity index (χ0n) is 15.5. The quantitative estimate of drug-likeness (QED) is 0.842. The second-order valence-corrected chi connectivity index (χ2v) is 7.67. The molecule has 4 heteroatoms. The number of carbonyl (C=O) groups is 2. The van der Waals surface area contributed by atoms with Crippen LogP contribution in [0.25, 0.3) is 0 Å². The first-order valence-corrected chi connectivity index (χ1v) is 8.68. The molecule has 2 aliphatic carbocycles. The molecule has 0 saturated heterocycles. The lowest BCUT2D eigenvalue weighted by Gasteiger charge is -2.54. The summed E-state index contributed by atoms with van der Waals surface area (Å²) in [6, 6.07) is 4.28. The normalized spacial score (nSPS) is 31.6. The molecule has 0 spiro atoms. The Hall–Kier alpha value is -2.49. The number of phenolic OH excluding ortho intramolecular Hbond substituents is 1. The number of phenols is 1. The number of halogens is 1. The third-order valence-electron chi connectivity index (χ3n) is 6.58. The molecule has 0 saturated carbocycles. The summed E-state index contributed by atoms with van der Waals surface area (Å²) in [4.78, 5) is 26.6. The highest BCUT2D eigenvalue weighted by molar-refractivity contribution is 6.17. The standard InChI is InChI=1S/C22H23FO3/c1-6-14-10-11-21(4)19(25)12(2)13(3)20(26)22(21,5)17(14)15-8-7-9-16(23)18(15)24/h6-10,17,24H,1,11H2,2-5H3. The third-order valence-corrected chi connectivity index (χ3v) is 6.58. The Morgan fingerprint density at radius 3 is 2.42 bits per heavy atom. The molecular weight excluding hydrogens is 331 g/mol. The van der Waals surface area contributed by atoms with Crippen LogP contribution in [-0.2, 0) is 9.59 Å². The monoisotopic (exact) mass is 354 g/mol. The van der Waals surface area contributed by atoms with E-state index in [-0.39, 0.29) is 11.6 Å². The molecule has 3 rings (SSSR count). The smallest absolute Gasteiger partial charge is 0.166 e. The number of allylic oxidation sites excluding steroid dienone is 5. The van der Waals surface area contributed by atoms with Crippen LogP contribution < -0.4 is 0 Å². The zero-order chi connectivity index (χ0) is 19.4. The molecule has 0 amide bonds. The summed E-state index contributed by atoms with van der Waals surface area (Å²) in [7, 11) is 0. The van der Waals surface area contributed by atoms with E-state index in [1.165, 1.54) is 12.1 Å². The van der Waals surface area contributed by atoms with Crippen molar-refractivity contribution < 1.29 is 19.1 Å². The summed E-state index contributed by atoms with van der Waals surface area (Å²) in [5, 5.41) is 10.4. The molecule has 1 aromatic carbocycles. The van der Waals surface area contributed by atoms with Crippen LogP contribution >= 0.6 is 0 Å². The van der Waals surface area contributed by atoms with E-state index in [0.29, 0.717) is 23.1 Å². The summed E-state index contributed by atoms with van der Waals surface area (Å²) in [6.07, 6.45) is 3.90. The van der Waals surface area contributed by atoms with Gasteiger partial charge in [-0.2, -0.15) is 0 Å². The number of ketones is 2. The predicted molar refractivity (Wildman–Crippen MR) is 98.3 cm³/mol. The maximum atomic E-state index is 14.1. The average Bonchev–Trinajstić information content (AvgIpc) is 2.63. The SMILES string of the molecule is C=CC1=CCC2(C)C(=O)C(C)=C(C)C(=O)C2(C)C1c1cccc(F)c1O. The second kappa shape index (κ2) is 5.76. The molecule has 0 fully saturated rings. The Kier molecular flexibility index (Phi) is 4.06. The van der Waals surface area contributed by atoms with E-state index in [0.717, 1.165) is 5.57 Å². The molecule has 1 aromatic rings. The van der Waals surface area contributed by atoms with Gasteiger partial charge in [0.2, 0.25) is 0 Å². The second-order valence-electron chi connectivity index (χ2n) is 7.67. The van der Waals surface area contributed by atoms with Gasteiger partial charge in [-0.1, -0.05) is 44.7 Å². The summed E-state index contributed by atoms with van der Waals surface area (Å²) >= 11 is 0. The molecule has 0 aromatic heterocycles. The Labute approximate surface area is 152 Å². The number of hydrogen-bond acceptors (Lipinski definition) is 3. The molecule has 136 valence electrons. The number of aromatic hydroxyl groups is 1. The first kappa shape index (κ1) is 18.3. The van der Waals surface area contributed by atoms with Crippen LogP contribution in [0.15, 0.2) is 53.6 Å². The van der Waals surface area contributed by atoms with E-state index in [1.54, 1.807) is 39.8 Å². The third kappa shape index (κ3) is 2.05. The maximum absolute atomic E-state index is 14.1. The number of para-hydroxylation sites is 1. The summed E-state index contributed by atoms with van der Waals surface area (Å²) in [5.74, 6) is -2.11. The minimum absolute atomic E-state index is 0.0719. The number of rotatable bonds is 2. The Balaban J connectivity index is 2.38. The minimum atomic E-state index is -1.14. The number of carbonyl (C=O) groups excluding carboxylic acids is 2. The van der Waals surface area contributed by atoms with Gasteiger partial charge in [-0.15, -0.1) is 0 Å². The van der Waals surface area contributed by atoms with E-state index in [9.17, 15) is 19.1 Å². The largest absolute Gasteiger partial charge is 0.505 e. The van der Waals surface area contributed by atoms with Crippen LogP contribution in [-0.4, -0.2) is 16.7 Å². The fraction of sp³-hybridized carbons (Fsp3) is 0.364. The van der Waals surface area contributed by atoms with Crippen molar-refractivity contribution in [1.82, 2.24) is 0 Å². The molecule has 2 aliphatic rings. The summed E-state index contributed by atoms with van der Waals surface area (Å²) in [6.45, 7) is 10.7. The predicted octanol–water partition coefficient (Wildman–Crippen LogP) is 4.63. The average molecular weight is 354 g/mol. The van der Waals surface area contributed by atoms with Gasteiger partial charge in [0.15, 0.2) is 23.1 Å². The van der Waals surface area contributed by atoms with Gasteiger partial charge in [0.05, 0.1) is 5.41 Å². The van der Waals surface area contributed by atoms with Gasteiger partial charge in [-0.3, -0.25) is 9.59 Å². The van der Waals surface area contributed by atoms with Crippen molar-refractivity contribution >= 4 is 11.6 Å². The molecular formula is C22H23FO3. The molecule has 1 N–H and O–H groups in total. The summed E-state index contributed by atoms with van der Waals surface area (Å²) < 4.78 is 14.1. The minimum Gasteiger partial charge on any atom is -0.505 e. The molecule has 3 atom stereocenters. The fourth-order valence-electron chi connectivity index (χ4n) is 4.61. The highest BCUT2D eigenvalue weighted by Crippen LogP contribution is 2.62. The first-order valence-electron chi connectivity index (χ1n) is 8.68. The number of benzene rings is 1. The molecule has 0 aliphatic heterocycles. The lowest BCUT2D eigenvalue weighted by atomic mass is 9.45. The van der Waals surface area contributed by atoms with Crippen LogP contribution in [0.1, 0.15) is 45.6 Å². The van der Waals surface area contributed by atoms with Gasteiger partial charge >= 0.3 is 0 Å². The maximum Gasteiger partial charge on any atom is 0.166 e. The van der Waals surface area contributed by atoms with Crippen LogP contribution in [0.2, 0.25) is 0 Å². The van der Waals surface area contributed by atoms with Gasteiger partial charge in [0, 0.05) is 16.9 Å². The molecule has 0 heterocycles. The van der Waals surface area contributed by atoms with E-state index in [1.807, 2.05) is 6.08 Å². The summed E-state index contributed by atoms with van der Waals surface area (Å²) in [5.41, 5.74) is -0.174. The lowest BCUT2D eigenvalue weighted by Crippen LogP contribution is -2.57. The van der Waals surface area contributed by atoms with Gasteiger partial charge in [-0.05, 0) is 43.1 Å². The molecule has 3 unspecified atom stereocenters. The van der Waals surface area contributed by atoms with E-state index in [4.69, 9.17) is 0 Å². The van der Waals surface area contributed by atoms with Gasteiger partial charge in [-0.25, -0.2) is 4.39 Å². The first-order chi connectivity index (χ1) is 12.1. The molecule has 0 bridgehead atoms. The van der Waals surface area contributed by atoms with Crippen molar-refractivity contribution in [3.05, 3.63) is 65.0 Å². The van der Waals surface area contributed by atoms with Crippen molar-refractivity contribution in [2.75, 3.05) is 0 Å². The molecule has 3 nitrogen and oxygen atoms in total. The van der Waals surface area contributed by atoms with E-state index < -0.39 is 28.3 Å². The zero-order valence-corrected chi connectivity index (χ0v) is 15.5. The highest BCUT2D eigenvalue weighted by atomic mass is 19.1. The number of fused-ring (bicyclic) bond motifs is 1. The lowest BCUT2D eigenvalue weighted by molar-refractivity contribution is -0.147. The molecule has 0 radical (unpaired) electrons. The Morgan fingerprint density at radius 1 is 1.19 bits per heavy atom. The van der Waals surface area contributed by atoms with Crippen LogP contribution in [0.5, 0.6) is 5.75 Å². The van der Waals surface area contributed by atoms with Crippen molar-refractivity contribution in [1.29, 1.82) is 0 Å². The fourth-order valence-corrected chi connectivity index (χ4v) is 4.61. The van der Waals surface area contributed by atoms with Gasteiger partial charge in [0.1, 0.15) is 0 Å². The molecule has 26 heavy (non-hydrogen) atoms. The van der Waals surface area contributed by atoms with Crippen molar-refractivity contribution in [2.45, 2.75) is 40.0 Å². The highest BCUT2D eigenvalue weighted by Gasteiger charge is 2.63. The van der Waals surface area contributed by atoms with Crippen molar-refractivity contribution in [2.24, 2.45) is 10.8 Å². The number of hydrogen-bond donors (Lipinski definition) is 1. The van der Waals surface area contributed by atoms with Crippen LogP contribution in [0.4, 0.5) is 4.39 Å². The van der Waals surface area contributed by atoms with Crippen LogP contribution in [0, 0.1) is 16.6 Å². The van der Waals surface area contributed by atoms with Gasteiger partial charge < -0.3 is 5.11 Å². The van der Waals surface area contributed by atoms with Crippen LogP contribution in [0.3, 0.4) is 0 Å².